The van der Waals surface area contributed by atoms with E-state index in [2.05, 4.69) is 15.9 Å². The molecule has 2 aromatic rings. The van der Waals surface area contributed by atoms with Gasteiger partial charge in [0.05, 0.1) is 17.0 Å². The number of halogens is 3. The second-order valence-electron chi connectivity index (χ2n) is 4.28. The predicted molar refractivity (Wildman–Crippen MR) is 79.9 cm³/mol. The van der Waals surface area contributed by atoms with E-state index in [1.54, 1.807) is 19.2 Å². The molecule has 0 amide bonds. The normalized spacial score (nSPS) is 12.3. The average Bonchev–Trinajstić information content (AvgIpc) is 2.41. The Kier molecular flexibility index (Phi) is 4.48. The molecular weight excluding hydrogens is 331 g/mol. The van der Waals surface area contributed by atoms with Gasteiger partial charge >= 0.3 is 0 Å². The van der Waals surface area contributed by atoms with Crippen LogP contribution in [0.3, 0.4) is 0 Å². The Morgan fingerprint density at radius 2 is 1.95 bits per heavy atom. The molecule has 0 radical (unpaired) electrons. The smallest absolute Gasteiger partial charge is 0.141 e. The van der Waals surface area contributed by atoms with Crippen LogP contribution in [-0.4, -0.2) is 7.11 Å². The van der Waals surface area contributed by atoms with Crippen LogP contribution in [0.1, 0.15) is 21.5 Å². The van der Waals surface area contributed by atoms with Gasteiger partial charge in [-0.15, -0.1) is 0 Å². The van der Waals surface area contributed by atoms with Crippen LogP contribution >= 0.6 is 27.5 Å². The first kappa shape index (κ1) is 14.4. The maximum atomic E-state index is 13.2. The van der Waals surface area contributed by atoms with Gasteiger partial charge in [-0.1, -0.05) is 51.3 Å². The molecule has 19 heavy (non-hydrogen) atoms. The second kappa shape index (κ2) is 5.93. The summed E-state index contributed by atoms with van der Waals surface area (Å²) < 4.78 is 18.6. The summed E-state index contributed by atoms with van der Waals surface area (Å²) in [6, 6.07) is 10.6. The van der Waals surface area contributed by atoms with Gasteiger partial charge in [-0.2, -0.15) is 0 Å². The number of ether oxygens (including phenoxy) is 1. The molecule has 1 atom stereocenters. The monoisotopic (exact) mass is 342 g/mol. The largest absolute Gasteiger partial charge is 0.496 e. The average molecular weight is 344 g/mol. The summed E-state index contributed by atoms with van der Waals surface area (Å²) in [5.41, 5.74) is 3.01. The zero-order valence-corrected chi connectivity index (χ0v) is 12.9. The lowest BCUT2D eigenvalue weighted by molar-refractivity contribution is 0.410. The summed E-state index contributed by atoms with van der Waals surface area (Å²) in [4.78, 5) is -0.0968. The van der Waals surface area contributed by atoms with E-state index in [1.807, 2.05) is 25.1 Å². The highest BCUT2D eigenvalue weighted by Crippen LogP contribution is 2.38. The molecule has 0 bridgehead atoms. The van der Waals surface area contributed by atoms with Crippen LogP contribution in [0.4, 0.5) is 4.39 Å². The number of benzene rings is 2. The minimum absolute atomic E-state index is 0.0968. The van der Waals surface area contributed by atoms with Crippen molar-refractivity contribution in [3.05, 3.63) is 63.9 Å². The van der Waals surface area contributed by atoms with Gasteiger partial charge < -0.3 is 4.74 Å². The highest BCUT2D eigenvalue weighted by atomic mass is 79.9. The fourth-order valence-electron chi connectivity index (χ4n) is 1.90. The highest BCUT2D eigenvalue weighted by molar-refractivity contribution is 9.09. The van der Waals surface area contributed by atoms with Gasteiger partial charge in [0.25, 0.3) is 0 Å². The number of aryl methyl sites for hydroxylation is 1. The molecule has 0 spiro atoms. The number of alkyl halides is 1. The van der Waals surface area contributed by atoms with Crippen molar-refractivity contribution >= 4 is 27.5 Å². The summed E-state index contributed by atoms with van der Waals surface area (Å²) >= 11 is 9.44. The van der Waals surface area contributed by atoms with Gasteiger partial charge in [0, 0.05) is 5.56 Å². The third kappa shape index (κ3) is 3.10. The third-order valence-electron chi connectivity index (χ3n) is 2.89. The molecule has 1 unspecified atom stereocenters. The Bertz CT molecular complexity index is 601. The fourth-order valence-corrected chi connectivity index (χ4v) is 2.73. The topological polar surface area (TPSA) is 9.23 Å². The van der Waals surface area contributed by atoms with E-state index in [-0.39, 0.29) is 9.85 Å². The Labute approximate surface area is 125 Å². The van der Waals surface area contributed by atoms with E-state index in [0.717, 1.165) is 22.4 Å². The first-order valence-electron chi connectivity index (χ1n) is 5.76. The van der Waals surface area contributed by atoms with Gasteiger partial charge in [-0.25, -0.2) is 4.39 Å². The molecule has 0 heterocycles. The highest BCUT2D eigenvalue weighted by Gasteiger charge is 2.16. The lowest BCUT2D eigenvalue weighted by atomic mass is 10.0. The predicted octanol–water partition coefficient (Wildman–Crippen LogP) is 5.28. The Morgan fingerprint density at radius 3 is 2.58 bits per heavy atom. The van der Waals surface area contributed by atoms with Gasteiger partial charge in [0.15, 0.2) is 0 Å². The SMILES string of the molecule is COc1ccc(C)cc1C(Br)c1ccc(F)c(Cl)c1. The molecule has 0 N–H and O–H groups in total. The minimum Gasteiger partial charge on any atom is -0.496 e. The fraction of sp³-hybridized carbons (Fsp3) is 0.200. The number of hydrogen-bond acceptors (Lipinski definition) is 1. The molecule has 0 saturated carbocycles. The van der Waals surface area contributed by atoms with Crippen molar-refractivity contribution < 1.29 is 9.13 Å². The molecular formula is C15H13BrClFO. The number of methoxy groups -OCH3 is 1. The summed E-state index contributed by atoms with van der Waals surface area (Å²) in [6.07, 6.45) is 0. The standard InChI is InChI=1S/C15H13BrClFO/c1-9-3-6-14(19-2)11(7-9)15(16)10-4-5-13(18)12(17)8-10/h3-8,15H,1-2H3. The first-order chi connectivity index (χ1) is 9.02. The van der Waals surface area contributed by atoms with Crippen LogP contribution in [0.25, 0.3) is 0 Å². The van der Waals surface area contributed by atoms with Crippen LogP contribution in [0.5, 0.6) is 5.75 Å². The molecule has 0 aromatic heterocycles. The van der Waals surface area contributed by atoms with Gasteiger partial charge in [-0.3, -0.25) is 0 Å². The van der Waals surface area contributed by atoms with Crippen molar-refractivity contribution in [2.45, 2.75) is 11.8 Å². The van der Waals surface area contributed by atoms with Crippen molar-refractivity contribution in [3.63, 3.8) is 0 Å². The quantitative estimate of drug-likeness (QED) is 0.689. The maximum absolute atomic E-state index is 13.2. The summed E-state index contributed by atoms with van der Waals surface area (Å²) in [7, 11) is 1.63. The Balaban J connectivity index is 2.45. The van der Waals surface area contributed by atoms with E-state index < -0.39 is 5.82 Å². The van der Waals surface area contributed by atoms with Crippen LogP contribution in [-0.2, 0) is 0 Å². The van der Waals surface area contributed by atoms with Gasteiger partial charge in [-0.05, 0) is 30.7 Å². The molecule has 100 valence electrons. The lowest BCUT2D eigenvalue weighted by Gasteiger charge is -2.16. The lowest BCUT2D eigenvalue weighted by Crippen LogP contribution is -1.98. The third-order valence-corrected chi connectivity index (χ3v) is 4.21. The van der Waals surface area contributed by atoms with Crippen LogP contribution in [0.15, 0.2) is 36.4 Å². The molecule has 1 nitrogen and oxygen atoms in total. The molecule has 0 fully saturated rings. The summed E-state index contributed by atoms with van der Waals surface area (Å²) in [5.74, 6) is 0.370. The molecule has 0 aliphatic carbocycles. The second-order valence-corrected chi connectivity index (χ2v) is 5.60. The van der Waals surface area contributed by atoms with Crippen molar-refractivity contribution in [2.75, 3.05) is 7.11 Å². The van der Waals surface area contributed by atoms with Crippen LogP contribution in [0, 0.1) is 12.7 Å². The molecule has 2 aromatic carbocycles. The Hall–Kier alpha value is -1.06. The summed E-state index contributed by atoms with van der Waals surface area (Å²) in [5, 5.41) is 0.119. The van der Waals surface area contributed by atoms with Crippen molar-refractivity contribution in [1.29, 1.82) is 0 Å². The molecule has 4 heteroatoms. The van der Waals surface area contributed by atoms with Crippen LogP contribution in [0.2, 0.25) is 5.02 Å². The zero-order valence-electron chi connectivity index (χ0n) is 10.6. The molecule has 0 aliphatic rings. The Morgan fingerprint density at radius 1 is 1.21 bits per heavy atom. The van der Waals surface area contributed by atoms with Crippen molar-refractivity contribution in [3.8, 4) is 5.75 Å². The zero-order chi connectivity index (χ0) is 14.0. The number of rotatable bonds is 3. The van der Waals surface area contributed by atoms with Crippen LogP contribution < -0.4 is 4.74 Å². The molecule has 0 aliphatic heterocycles. The van der Waals surface area contributed by atoms with Gasteiger partial charge in [0.1, 0.15) is 11.6 Å². The first-order valence-corrected chi connectivity index (χ1v) is 7.06. The van der Waals surface area contributed by atoms with E-state index in [9.17, 15) is 4.39 Å². The molecule has 0 saturated heterocycles. The van der Waals surface area contributed by atoms with Crippen molar-refractivity contribution in [2.24, 2.45) is 0 Å². The number of hydrogen-bond donors (Lipinski definition) is 0. The minimum atomic E-state index is -0.415. The van der Waals surface area contributed by atoms with E-state index >= 15 is 0 Å². The van der Waals surface area contributed by atoms with E-state index in [0.29, 0.717) is 0 Å². The maximum Gasteiger partial charge on any atom is 0.141 e. The van der Waals surface area contributed by atoms with Crippen molar-refractivity contribution in [1.82, 2.24) is 0 Å². The van der Waals surface area contributed by atoms with E-state index in [4.69, 9.17) is 16.3 Å². The van der Waals surface area contributed by atoms with Gasteiger partial charge in [0.2, 0.25) is 0 Å². The van der Waals surface area contributed by atoms with E-state index in [1.165, 1.54) is 6.07 Å². The molecule has 2 rings (SSSR count). The summed E-state index contributed by atoms with van der Waals surface area (Å²) in [6.45, 7) is 2.01.